The normalized spacial score (nSPS) is 19.7. The molecule has 1 aliphatic heterocycles. The fraction of sp³-hybridized carbons (Fsp3) is 0.700. The SMILES string of the molecule is CCCC(c1nnnn1C1CCCCC1)N1CCN(C(=O)c2ccco2)CC1.[Cl-]. The first-order chi connectivity index (χ1) is 13.8. The highest BCUT2D eigenvalue weighted by atomic mass is 35.5. The standard InChI is InChI=1S/C20H30N6O2.ClH/c1-2-7-17(19-21-22-23-26(19)16-8-4-3-5-9-16)24-11-13-25(14-12-24)20(27)18-10-6-15-28-18;/h6,10,15-17H,2-5,7-9,11-14H2,1H3;1H/p-1. The van der Waals surface area contributed by atoms with Gasteiger partial charge in [-0.05, 0) is 41.8 Å². The number of rotatable bonds is 6. The number of carbonyl (C=O) groups excluding carboxylic acids is 1. The number of hydrogen-bond acceptors (Lipinski definition) is 6. The molecule has 1 unspecified atom stereocenters. The summed E-state index contributed by atoms with van der Waals surface area (Å²) in [7, 11) is 0. The van der Waals surface area contributed by atoms with Gasteiger partial charge in [0, 0.05) is 26.2 Å². The second-order valence-electron chi connectivity index (χ2n) is 7.88. The summed E-state index contributed by atoms with van der Waals surface area (Å²) in [6, 6.07) is 4.13. The largest absolute Gasteiger partial charge is 1.00 e. The molecule has 1 saturated heterocycles. The Labute approximate surface area is 178 Å². The van der Waals surface area contributed by atoms with Crippen LogP contribution in [-0.2, 0) is 0 Å². The zero-order valence-corrected chi connectivity index (χ0v) is 17.8. The molecule has 8 nitrogen and oxygen atoms in total. The molecule has 0 aromatic carbocycles. The number of carbonyl (C=O) groups is 1. The topological polar surface area (TPSA) is 80.3 Å². The van der Waals surface area contributed by atoms with Gasteiger partial charge in [0.15, 0.2) is 11.6 Å². The Balaban J connectivity index is 0.00000240. The summed E-state index contributed by atoms with van der Waals surface area (Å²) in [6.07, 6.45) is 9.83. The van der Waals surface area contributed by atoms with Crippen molar-refractivity contribution in [3.63, 3.8) is 0 Å². The predicted octanol–water partition coefficient (Wildman–Crippen LogP) is 0.0745. The molecule has 2 fully saturated rings. The van der Waals surface area contributed by atoms with E-state index >= 15 is 0 Å². The minimum Gasteiger partial charge on any atom is -1.00 e. The van der Waals surface area contributed by atoms with Crippen LogP contribution < -0.4 is 12.4 Å². The fourth-order valence-corrected chi connectivity index (χ4v) is 4.55. The van der Waals surface area contributed by atoms with Gasteiger partial charge in [0.1, 0.15) is 0 Å². The van der Waals surface area contributed by atoms with Crippen LogP contribution in [0.3, 0.4) is 0 Å². The minimum atomic E-state index is -0.0243. The monoisotopic (exact) mass is 421 g/mol. The summed E-state index contributed by atoms with van der Waals surface area (Å²) in [5, 5.41) is 12.8. The molecule has 1 amide bonds. The van der Waals surface area contributed by atoms with E-state index < -0.39 is 0 Å². The molecule has 0 radical (unpaired) electrons. The number of furan rings is 1. The molecular formula is C20H30ClN6O2-. The molecule has 2 aliphatic rings. The van der Waals surface area contributed by atoms with Gasteiger partial charge >= 0.3 is 0 Å². The number of amides is 1. The molecule has 0 N–H and O–H groups in total. The summed E-state index contributed by atoms with van der Waals surface area (Å²) >= 11 is 0. The van der Waals surface area contributed by atoms with Crippen LogP contribution in [-0.4, -0.2) is 62.1 Å². The average molecular weight is 422 g/mol. The predicted molar refractivity (Wildman–Crippen MR) is 104 cm³/mol. The van der Waals surface area contributed by atoms with Crippen molar-refractivity contribution in [2.75, 3.05) is 26.2 Å². The maximum atomic E-state index is 12.5. The Morgan fingerprint density at radius 1 is 1.21 bits per heavy atom. The highest BCUT2D eigenvalue weighted by Gasteiger charge is 2.32. The van der Waals surface area contributed by atoms with Crippen molar-refractivity contribution in [1.82, 2.24) is 30.0 Å². The van der Waals surface area contributed by atoms with Crippen molar-refractivity contribution < 1.29 is 21.6 Å². The highest BCUT2D eigenvalue weighted by molar-refractivity contribution is 5.91. The van der Waals surface area contributed by atoms with E-state index in [0.29, 0.717) is 24.9 Å². The van der Waals surface area contributed by atoms with E-state index in [2.05, 4.69) is 32.0 Å². The smallest absolute Gasteiger partial charge is 0.289 e. The molecule has 3 heterocycles. The van der Waals surface area contributed by atoms with Crippen LogP contribution in [0.15, 0.2) is 22.8 Å². The Kier molecular flexibility index (Phi) is 7.66. The third-order valence-corrected chi connectivity index (χ3v) is 6.07. The van der Waals surface area contributed by atoms with Crippen LogP contribution in [0, 0.1) is 0 Å². The number of nitrogens with zero attached hydrogens (tertiary/aromatic N) is 6. The van der Waals surface area contributed by atoms with Gasteiger partial charge in [0.05, 0.1) is 18.3 Å². The maximum absolute atomic E-state index is 12.5. The van der Waals surface area contributed by atoms with Gasteiger partial charge < -0.3 is 21.7 Å². The number of piperazine rings is 1. The van der Waals surface area contributed by atoms with Gasteiger partial charge in [-0.3, -0.25) is 9.69 Å². The van der Waals surface area contributed by atoms with E-state index in [4.69, 9.17) is 4.42 Å². The van der Waals surface area contributed by atoms with Crippen molar-refractivity contribution in [2.45, 2.75) is 64.0 Å². The Hall–Kier alpha value is -1.93. The van der Waals surface area contributed by atoms with Gasteiger partial charge in [-0.1, -0.05) is 32.6 Å². The lowest BCUT2D eigenvalue weighted by molar-refractivity contribution is -0.0000170. The lowest BCUT2D eigenvalue weighted by atomic mass is 9.95. The van der Waals surface area contributed by atoms with E-state index in [9.17, 15) is 4.79 Å². The van der Waals surface area contributed by atoms with E-state index in [-0.39, 0.29) is 24.4 Å². The Morgan fingerprint density at radius 2 is 1.97 bits per heavy atom. The number of aromatic nitrogens is 4. The molecule has 1 aliphatic carbocycles. The first-order valence-corrected chi connectivity index (χ1v) is 10.6. The lowest BCUT2D eigenvalue weighted by Gasteiger charge is -2.39. The quantitative estimate of drug-likeness (QED) is 0.657. The van der Waals surface area contributed by atoms with Crippen LogP contribution in [0.2, 0.25) is 0 Å². The summed E-state index contributed by atoms with van der Waals surface area (Å²) in [5.41, 5.74) is 0. The van der Waals surface area contributed by atoms with Crippen LogP contribution in [0.25, 0.3) is 0 Å². The van der Waals surface area contributed by atoms with Crippen molar-refractivity contribution in [3.8, 4) is 0 Å². The molecule has 0 bridgehead atoms. The Morgan fingerprint density at radius 3 is 2.62 bits per heavy atom. The van der Waals surface area contributed by atoms with E-state index in [0.717, 1.165) is 31.8 Å². The van der Waals surface area contributed by atoms with Gasteiger partial charge in [-0.25, -0.2) is 4.68 Å². The van der Waals surface area contributed by atoms with Crippen LogP contribution in [0.5, 0.6) is 0 Å². The van der Waals surface area contributed by atoms with Crippen LogP contribution in [0.1, 0.15) is 80.3 Å². The molecule has 9 heteroatoms. The molecule has 2 aromatic heterocycles. The average Bonchev–Trinajstić information content (AvgIpc) is 3.44. The van der Waals surface area contributed by atoms with Crippen LogP contribution >= 0.6 is 0 Å². The molecular weight excluding hydrogens is 392 g/mol. The van der Waals surface area contributed by atoms with Gasteiger partial charge in [0.2, 0.25) is 0 Å². The summed E-state index contributed by atoms with van der Waals surface area (Å²) in [6.45, 7) is 5.26. The van der Waals surface area contributed by atoms with Gasteiger partial charge in [0.25, 0.3) is 5.91 Å². The van der Waals surface area contributed by atoms with Crippen LogP contribution in [0.4, 0.5) is 0 Å². The Bertz CT molecular complexity index is 751. The van der Waals surface area contributed by atoms with Crippen molar-refractivity contribution in [2.24, 2.45) is 0 Å². The van der Waals surface area contributed by atoms with E-state index in [1.165, 1.54) is 32.1 Å². The zero-order valence-electron chi connectivity index (χ0n) is 17.0. The summed E-state index contributed by atoms with van der Waals surface area (Å²) in [5.74, 6) is 1.39. The third-order valence-electron chi connectivity index (χ3n) is 6.07. The van der Waals surface area contributed by atoms with Gasteiger partial charge in [-0.2, -0.15) is 0 Å². The van der Waals surface area contributed by atoms with Gasteiger partial charge in [-0.15, -0.1) is 5.10 Å². The third kappa shape index (κ3) is 4.80. The van der Waals surface area contributed by atoms with Crippen molar-refractivity contribution >= 4 is 5.91 Å². The number of halogens is 1. The molecule has 1 saturated carbocycles. The molecule has 2 aromatic rings. The van der Waals surface area contributed by atoms with Crippen molar-refractivity contribution in [3.05, 3.63) is 30.0 Å². The highest BCUT2D eigenvalue weighted by Crippen LogP contribution is 2.32. The summed E-state index contributed by atoms with van der Waals surface area (Å²) in [4.78, 5) is 16.9. The fourth-order valence-electron chi connectivity index (χ4n) is 4.55. The second kappa shape index (κ2) is 10.2. The van der Waals surface area contributed by atoms with Crippen molar-refractivity contribution in [1.29, 1.82) is 0 Å². The summed E-state index contributed by atoms with van der Waals surface area (Å²) < 4.78 is 7.37. The molecule has 160 valence electrons. The minimum absolute atomic E-state index is 0. The van der Waals surface area contributed by atoms with E-state index in [1.807, 2.05) is 4.90 Å². The number of hydrogen-bond donors (Lipinski definition) is 0. The molecule has 4 rings (SSSR count). The molecule has 0 spiro atoms. The first kappa shape index (κ1) is 21.8. The lowest BCUT2D eigenvalue weighted by Crippen LogP contribution is -3.00. The van der Waals surface area contributed by atoms with E-state index in [1.54, 1.807) is 18.4 Å². The number of tetrazole rings is 1. The maximum Gasteiger partial charge on any atom is 0.289 e. The first-order valence-electron chi connectivity index (χ1n) is 10.6. The molecule has 1 atom stereocenters. The molecule has 29 heavy (non-hydrogen) atoms. The second-order valence-corrected chi connectivity index (χ2v) is 7.88. The zero-order chi connectivity index (χ0) is 19.3.